The molecule has 0 radical (unpaired) electrons. The van der Waals surface area contributed by atoms with Crippen molar-refractivity contribution in [3.63, 3.8) is 0 Å². The van der Waals surface area contributed by atoms with E-state index in [2.05, 4.69) is 20.3 Å². The van der Waals surface area contributed by atoms with Crippen LogP contribution in [0.5, 0.6) is 5.75 Å². The average molecular weight is 497 g/mol. The lowest BCUT2D eigenvalue weighted by Crippen LogP contribution is -2.49. The molecule has 0 saturated carbocycles. The third-order valence-corrected chi connectivity index (χ3v) is 5.91. The van der Waals surface area contributed by atoms with E-state index in [1.165, 1.54) is 18.5 Å². The second-order valence-corrected chi connectivity index (χ2v) is 8.16. The van der Waals surface area contributed by atoms with E-state index in [0.29, 0.717) is 49.8 Å². The maximum atomic E-state index is 13.0. The van der Waals surface area contributed by atoms with Crippen molar-refractivity contribution in [3.05, 3.63) is 66.0 Å². The normalized spacial score (nSPS) is 14.3. The maximum Gasteiger partial charge on any atom is 0.416 e. The maximum absolute atomic E-state index is 13.0. The van der Waals surface area contributed by atoms with Crippen LogP contribution in [0, 0.1) is 0 Å². The summed E-state index contributed by atoms with van der Waals surface area (Å²) in [5, 5.41) is 8.54. The number of alkyl halides is 3. The fourth-order valence-corrected chi connectivity index (χ4v) is 4.12. The van der Waals surface area contributed by atoms with E-state index in [1.54, 1.807) is 9.58 Å². The molecule has 1 fully saturated rings. The lowest BCUT2D eigenvalue weighted by Gasteiger charge is -2.35. The van der Waals surface area contributed by atoms with Crippen LogP contribution in [0.1, 0.15) is 22.8 Å². The Morgan fingerprint density at radius 3 is 2.47 bits per heavy atom. The number of anilines is 1. The Balaban J connectivity index is 1.32. The molecule has 2 aromatic carbocycles. The Kier molecular flexibility index (Phi) is 6.17. The van der Waals surface area contributed by atoms with Crippen LogP contribution < -0.4 is 9.64 Å². The first-order valence-corrected chi connectivity index (χ1v) is 11.4. The van der Waals surface area contributed by atoms with Gasteiger partial charge < -0.3 is 14.5 Å². The number of carbonyl (C=O) groups is 1. The minimum Gasteiger partial charge on any atom is -0.494 e. The van der Waals surface area contributed by atoms with Crippen LogP contribution in [0.4, 0.5) is 19.0 Å². The molecular formula is C24H22F3N7O2. The molecule has 3 heterocycles. The van der Waals surface area contributed by atoms with Crippen molar-refractivity contribution >= 4 is 22.9 Å². The van der Waals surface area contributed by atoms with Crippen molar-refractivity contribution in [1.29, 1.82) is 0 Å². The summed E-state index contributed by atoms with van der Waals surface area (Å²) >= 11 is 0. The predicted octanol–water partition coefficient (Wildman–Crippen LogP) is 3.59. The van der Waals surface area contributed by atoms with E-state index in [0.717, 1.165) is 23.6 Å². The number of nitrogens with zero attached hydrogens (tertiary/aromatic N) is 7. The van der Waals surface area contributed by atoms with Gasteiger partial charge in [-0.1, -0.05) is 11.3 Å². The van der Waals surface area contributed by atoms with Gasteiger partial charge in [-0.3, -0.25) is 4.79 Å². The number of hydrogen-bond acceptors (Lipinski definition) is 7. The fraction of sp³-hybridized carbons (Fsp3) is 0.292. The van der Waals surface area contributed by atoms with Gasteiger partial charge in [-0.25, -0.2) is 9.97 Å². The smallest absolute Gasteiger partial charge is 0.416 e. The lowest BCUT2D eigenvalue weighted by atomic mass is 10.1. The number of halogens is 3. The standard InChI is InChI=1S/C24H22F3N7O2/c1-2-36-19-8-6-18(7-9-19)34-22-20(30-31-34)21(28-15-29-22)32-10-12-33(13-11-32)23(35)16-4-3-5-17(14-16)24(25,26)27/h3-9,14-15H,2,10-13H2,1H3. The lowest BCUT2D eigenvalue weighted by molar-refractivity contribution is -0.137. The Labute approximate surface area is 204 Å². The van der Waals surface area contributed by atoms with Crippen molar-refractivity contribution in [3.8, 4) is 11.4 Å². The minimum atomic E-state index is -4.50. The van der Waals surface area contributed by atoms with Crippen molar-refractivity contribution in [2.45, 2.75) is 13.1 Å². The Morgan fingerprint density at radius 1 is 1.03 bits per heavy atom. The largest absolute Gasteiger partial charge is 0.494 e. The van der Waals surface area contributed by atoms with Gasteiger partial charge in [-0.05, 0) is 49.4 Å². The van der Waals surface area contributed by atoms with Gasteiger partial charge in [0.2, 0.25) is 0 Å². The third-order valence-electron chi connectivity index (χ3n) is 5.91. The molecule has 12 heteroatoms. The van der Waals surface area contributed by atoms with Gasteiger partial charge in [0.05, 0.1) is 17.9 Å². The second kappa shape index (κ2) is 9.44. The molecule has 1 aliphatic rings. The van der Waals surface area contributed by atoms with Crippen LogP contribution in [-0.4, -0.2) is 68.6 Å². The quantitative estimate of drug-likeness (QED) is 0.416. The fourth-order valence-electron chi connectivity index (χ4n) is 4.12. The zero-order chi connectivity index (χ0) is 25.3. The van der Waals surface area contributed by atoms with Gasteiger partial charge in [-0.2, -0.15) is 17.9 Å². The molecule has 4 aromatic rings. The molecule has 1 saturated heterocycles. The molecule has 36 heavy (non-hydrogen) atoms. The Hall–Kier alpha value is -4.22. The van der Waals surface area contributed by atoms with E-state index in [4.69, 9.17) is 4.74 Å². The number of carbonyl (C=O) groups excluding carboxylic acids is 1. The molecule has 2 aromatic heterocycles. The molecule has 0 aliphatic carbocycles. The molecule has 0 atom stereocenters. The van der Waals surface area contributed by atoms with E-state index in [-0.39, 0.29) is 5.56 Å². The summed E-state index contributed by atoms with van der Waals surface area (Å²) in [6.07, 6.45) is -3.07. The van der Waals surface area contributed by atoms with Crippen molar-refractivity contribution in [1.82, 2.24) is 29.9 Å². The van der Waals surface area contributed by atoms with E-state index >= 15 is 0 Å². The number of hydrogen-bond donors (Lipinski definition) is 0. The first-order valence-electron chi connectivity index (χ1n) is 11.4. The van der Waals surface area contributed by atoms with Crippen LogP contribution in [0.3, 0.4) is 0 Å². The molecule has 0 unspecified atom stereocenters. The van der Waals surface area contributed by atoms with Crippen LogP contribution in [0.2, 0.25) is 0 Å². The molecule has 9 nitrogen and oxygen atoms in total. The zero-order valence-electron chi connectivity index (χ0n) is 19.3. The van der Waals surface area contributed by atoms with Gasteiger partial charge in [0.25, 0.3) is 5.91 Å². The number of amides is 1. The van der Waals surface area contributed by atoms with Crippen LogP contribution in [0.15, 0.2) is 54.9 Å². The number of piperazine rings is 1. The first kappa shape index (κ1) is 23.5. The number of benzene rings is 2. The average Bonchev–Trinajstić information content (AvgIpc) is 3.33. The highest BCUT2D eigenvalue weighted by atomic mass is 19.4. The monoisotopic (exact) mass is 497 g/mol. The van der Waals surface area contributed by atoms with Crippen molar-refractivity contribution in [2.24, 2.45) is 0 Å². The van der Waals surface area contributed by atoms with E-state index in [1.807, 2.05) is 36.1 Å². The van der Waals surface area contributed by atoms with E-state index < -0.39 is 17.6 Å². The van der Waals surface area contributed by atoms with Gasteiger partial charge in [0, 0.05) is 31.7 Å². The highest BCUT2D eigenvalue weighted by Gasteiger charge is 2.32. The molecular weight excluding hydrogens is 475 g/mol. The number of ether oxygens (including phenoxy) is 1. The summed E-state index contributed by atoms with van der Waals surface area (Å²) in [5.74, 6) is 0.900. The molecule has 0 bridgehead atoms. The first-order chi connectivity index (χ1) is 17.3. The van der Waals surface area contributed by atoms with Crippen LogP contribution in [-0.2, 0) is 6.18 Å². The van der Waals surface area contributed by atoms with Gasteiger partial charge in [0.1, 0.15) is 12.1 Å². The molecule has 186 valence electrons. The zero-order valence-corrected chi connectivity index (χ0v) is 19.3. The molecule has 1 amide bonds. The Morgan fingerprint density at radius 2 is 1.78 bits per heavy atom. The van der Waals surface area contributed by atoms with Gasteiger partial charge in [-0.15, -0.1) is 5.10 Å². The molecule has 0 N–H and O–H groups in total. The van der Waals surface area contributed by atoms with Crippen LogP contribution >= 0.6 is 0 Å². The summed E-state index contributed by atoms with van der Waals surface area (Å²) in [5.41, 5.74) is 0.991. The summed E-state index contributed by atoms with van der Waals surface area (Å²) < 4.78 is 46.2. The molecule has 5 rings (SSSR count). The second-order valence-electron chi connectivity index (χ2n) is 8.16. The van der Waals surface area contributed by atoms with Crippen molar-refractivity contribution in [2.75, 3.05) is 37.7 Å². The summed E-state index contributed by atoms with van der Waals surface area (Å²) in [4.78, 5) is 25.1. The highest BCUT2D eigenvalue weighted by Crippen LogP contribution is 2.30. The SMILES string of the molecule is CCOc1ccc(-n2nnc3c(N4CCN(C(=O)c5cccc(C(F)(F)F)c5)CC4)ncnc32)cc1. The molecule has 1 aliphatic heterocycles. The topological polar surface area (TPSA) is 89.3 Å². The summed E-state index contributed by atoms with van der Waals surface area (Å²) in [7, 11) is 0. The van der Waals surface area contributed by atoms with Crippen LogP contribution in [0.25, 0.3) is 16.9 Å². The third kappa shape index (κ3) is 4.53. The Bertz CT molecular complexity index is 1380. The van der Waals surface area contributed by atoms with Crippen molar-refractivity contribution < 1.29 is 22.7 Å². The number of rotatable bonds is 5. The number of fused-ring (bicyclic) bond motifs is 1. The highest BCUT2D eigenvalue weighted by molar-refractivity contribution is 5.94. The summed E-state index contributed by atoms with van der Waals surface area (Å²) in [6.45, 7) is 4.01. The minimum absolute atomic E-state index is 0.0148. The van der Waals surface area contributed by atoms with E-state index in [9.17, 15) is 18.0 Å². The number of aromatic nitrogens is 5. The van der Waals surface area contributed by atoms with Gasteiger partial charge >= 0.3 is 6.18 Å². The summed E-state index contributed by atoms with van der Waals surface area (Å²) in [6, 6.07) is 11.9. The molecule has 0 spiro atoms. The predicted molar refractivity (Wildman–Crippen MR) is 125 cm³/mol. The van der Waals surface area contributed by atoms with Gasteiger partial charge in [0.15, 0.2) is 17.0 Å².